The van der Waals surface area contributed by atoms with Crippen LogP contribution in [-0.2, 0) is 0 Å². The number of nitrogens with one attached hydrogen (secondary N) is 1. The van der Waals surface area contributed by atoms with Gasteiger partial charge in [0.25, 0.3) is 0 Å². The van der Waals surface area contributed by atoms with Crippen LogP contribution in [0.5, 0.6) is 5.88 Å². The molecule has 0 atom stereocenters. The van der Waals surface area contributed by atoms with Gasteiger partial charge in [-0.1, -0.05) is 0 Å². The average Bonchev–Trinajstić information content (AvgIpc) is 2.10. The van der Waals surface area contributed by atoms with Gasteiger partial charge in [0.05, 0.1) is 6.20 Å². The topological polar surface area (TPSA) is 34.1 Å². The highest BCUT2D eigenvalue weighted by atomic mass is 19.1. The van der Waals surface area contributed by atoms with Crippen molar-refractivity contribution in [2.24, 2.45) is 5.41 Å². The normalized spacial score (nSPS) is 23.3. The van der Waals surface area contributed by atoms with E-state index in [9.17, 15) is 4.39 Å². The fourth-order valence-electron chi connectivity index (χ4n) is 2.36. The third-order valence-electron chi connectivity index (χ3n) is 3.31. The molecule has 1 spiro atoms. The Hall–Kier alpha value is -1.16. The first kappa shape index (κ1) is 9.09. The molecule has 0 amide bonds. The molecule has 4 heteroatoms. The van der Waals surface area contributed by atoms with Gasteiger partial charge in [0, 0.05) is 24.6 Å². The monoisotopic (exact) mass is 208 g/mol. The molecular formula is C11H13FN2O. The summed E-state index contributed by atoms with van der Waals surface area (Å²) in [5.74, 6) is 0.208. The number of hydrogen-bond donors (Lipinski definition) is 1. The molecular weight excluding hydrogens is 195 g/mol. The van der Waals surface area contributed by atoms with Crippen LogP contribution in [0.3, 0.4) is 0 Å². The van der Waals surface area contributed by atoms with Crippen molar-refractivity contribution >= 4 is 0 Å². The van der Waals surface area contributed by atoms with E-state index in [4.69, 9.17) is 4.74 Å². The van der Waals surface area contributed by atoms with E-state index in [2.05, 4.69) is 10.3 Å². The molecule has 2 heterocycles. The van der Waals surface area contributed by atoms with Gasteiger partial charge in [-0.2, -0.15) is 0 Å². The van der Waals surface area contributed by atoms with E-state index in [1.54, 1.807) is 6.07 Å². The van der Waals surface area contributed by atoms with Crippen molar-refractivity contribution in [2.75, 3.05) is 13.1 Å². The molecule has 15 heavy (non-hydrogen) atoms. The Labute approximate surface area is 87.7 Å². The Morgan fingerprint density at radius 2 is 2.20 bits per heavy atom. The van der Waals surface area contributed by atoms with Crippen LogP contribution in [0.2, 0.25) is 0 Å². The van der Waals surface area contributed by atoms with Crippen LogP contribution in [0, 0.1) is 11.2 Å². The molecule has 3 rings (SSSR count). The van der Waals surface area contributed by atoms with Crippen molar-refractivity contribution < 1.29 is 9.13 Å². The molecule has 1 aliphatic carbocycles. The molecule has 1 N–H and O–H groups in total. The van der Waals surface area contributed by atoms with Crippen molar-refractivity contribution in [3.8, 4) is 5.88 Å². The lowest BCUT2D eigenvalue weighted by atomic mass is 9.63. The number of ether oxygens (including phenoxy) is 1. The molecule has 1 saturated heterocycles. The van der Waals surface area contributed by atoms with E-state index in [0.717, 1.165) is 25.9 Å². The maximum Gasteiger partial charge on any atom is 0.213 e. The fourth-order valence-corrected chi connectivity index (χ4v) is 2.36. The Bertz CT molecular complexity index is 353. The second-order valence-corrected chi connectivity index (χ2v) is 4.57. The van der Waals surface area contributed by atoms with E-state index in [1.807, 2.05) is 0 Å². The lowest BCUT2D eigenvalue weighted by Crippen LogP contribution is -2.62. The van der Waals surface area contributed by atoms with Crippen LogP contribution in [-0.4, -0.2) is 24.2 Å². The van der Waals surface area contributed by atoms with E-state index < -0.39 is 0 Å². The van der Waals surface area contributed by atoms with Gasteiger partial charge in [0.1, 0.15) is 11.9 Å². The number of halogens is 1. The van der Waals surface area contributed by atoms with Crippen molar-refractivity contribution in [3.05, 3.63) is 24.1 Å². The van der Waals surface area contributed by atoms with Crippen LogP contribution in [0.15, 0.2) is 18.3 Å². The van der Waals surface area contributed by atoms with Crippen LogP contribution in [0.25, 0.3) is 0 Å². The molecule has 0 aromatic carbocycles. The highest BCUT2D eigenvalue weighted by Crippen LogP contribution is 2.45. The molecule has 0 radical (unpaired) electrons. The first-order valence-electron chi connectivity index (χ1n) is 5.25. The molecule has 3 nitrogen and oxygen atoms in total. The highest BCUT2D eigenvalue weighted by Gasteiger charge is 2.49. The largest absolute Gasteiger partial charge is 0.474 e. The van der Waals surface area contributed by atoms with Gasteiger partial charge >= 0.3 is 0 Å². The lowest BCUT2D eigenvalue weighted by molar-refractivity contribution is -0.0513. The maximum atomic E-state index is 12.6. The van der Waals surface area contributed by atoms with Crippen molar-refractivity contribution in [1.82, 2.24) is 10.3 Å². The molecule has 80 valence electrons. The van der Waals surface area contributed by atoms with Gasteiger partial charge in [-0.05, 0) is 18.9 Å². The fraction of sp³-hybridized carbons (Fsp3) is 0.545. The molecule has 0 bridgehead atoms. The molecule has 2 fully saturated rings. The summed E-state index contributed by atoms with van der Waals surface area (Å²) in [5.41, 5.74) is 0.505. The Morgan fingerprint density at radius 3 is 2.73 bits per heavy atom. The molecule has 2 aliphatic rings. The lowest BCUT2D eigenvalue weighted by Gasteiger charge is -2.53. The number of nitrogens with zero attached hydrogens (tertiary/aromatic N) is 1. The summed E-state index contributed by atoms with van der Waals surface area (Å²) in [6.07, 6.45) is 3.65. The van der Waals surface area contributed by atoms with Gasteiger partial charge in [-0.15, -0.1) is 0 Å². The quantitative estimate of drug-likeness (QED) is 0.796. The maximum absolute atomic E-state index is 12.6. The van der Waals surface area contributed by atoms with Gasteiger partial charge in [-0.25, -0.2) is 9.37 Å². The number of aromatic nitrogens is 1. The summed E-state index contributed by atoms with van der Waals surface area (Å²) in [7, 11) is 0. The predicted molar refractivity (Wildman–Crippen MR) is 53.1 cm³/mol. The second-order valence-electron chi connectivity index (χ2n) is 4.57. The predicted octanol–water partition coefficient (Wildman–Crippen LogP) is 1.35. The average molecular weight is 208 g/mol. The minimum absolute atomic E-state index is 0.269. The third-order valence-corrected chi connectivity index (χ3v) is 3.31. The molecule has 1 aliphatic heterocycles. The smallest absolute Gasteiger partial charge is 0.213 e. The molecule has 1 aromatic rings. The summed E-state index contributed by atoms with van der Waals surface area (Å²) < 4.78 is 18.2. The zero-order valence-corrected chi connectivity index (χ0v) is 8.37. The van der Waals surface area contributed by atoms with Crippen LogP contribution >= 0.6 is 0 Å². The van der Waals surface area contributed by atoms with E-state index >= 15 is 0 Å². The van der Waals surface area contributed by atoms with Crippen molar-refractivity contribution in [2.45, 2.75) is 18.9 Å². The first-order valence-corrected chi connectivity index (χ1v) is 5.25. The Balaban J connectivity index is 1.56. The minimum atomic E-state index is -0.323. The Morgan fingerprint density at radius 1 is 1.40 bits per heavy atom. The van der Waals surface area contributed by atoms with Crippen LogP contribution in [0.1, 0.15) is 12.8 Å². The summed E-state index contributed by atoms with van der Waals surface area (Å²) in [4.78, 5) is 3.88. The molecule has 1 aromatic heterocycles. The first-order chi connectivity index (χ1) is 7.26. The SMILES string of the molecule is Fc1ccc(OC2CC3(CNC3)C2)nc1. The summed E-state index contributed by atoms with van der Waals surface area (Å²) >= 11 is 0. The van der Waals surface area contributed by atoms with Crippen molar-refractivity contribution in [1.29, 1.82) is 0 Å². The van der Waals surface area contributed by atoms with Crippen LogP contribution in [0.4, 0.5) is 4.39 Å². The zero-order valence-electron chi connectivity index (χ0n) is 8.37. The zero-order chi connectivity index (χ0) is 10.3. The number of rotatable bonds is 2. The third kappa shape index (κ3) is 1.59. The summed E-state index contributed by atoms with van der Waals surface area (Å²) in [5, 5.41) is 3.28. The summed E-state index contributed by atoms with van der Waals surface area (Å²) in [6, 6.07) is 2.96. The van der Waals surface area contributed by atoms with Crippen LogP contribution < -0.4 is 10.1 Å². The van der Waals surface area contributed by atoms with E-state index in [1.165, 1.54) is 12.3 Å². The van der Waals surface area contributed by atoms with Gasteiger partial charge in [0.15, 0.2) is 0 Å². The standard InChI is InChI=1S/C11H13FN2O/c12-8-1-2-10(14-5-8)15-9-3-11(4-9)6-13-7-11/h1-2,5,9,13H,3-4,6-7H2. The minimum Gasteiger partial charge on any atom is -0.474 e. The van der Waals surface area contributed by atoms with Crippen molar-refractivity contribution in [3.63, 3.8) is 0 Å². The van der Waals surface area contributed by atoms with Gasteiger partial charge in [-0.3, -0.25) is 0 Å². The molecule has 1 saturated carbocycles. The van der Waals surface area contributed by atoms with Gasteiger partial charge < -0.3 is 10.1 Å². The number of hydrogen-bond acceptors (Lipinski definition) is 3. The Kier molecular flexibility index (Phi) is 1.92. The highest BCUT2D eigenvalue weighted by molar-refractivity contribution is 5.13. The van der Waals surface area contributed by atoms with E-state index in [0.29, 0.717) is 11.3 Å². The number of pyridine rings is 1. The molecule has 0 unspecified atom stereocenters. The van der Waals surface area contributed by atoms with E-state index in [-0.39, 0.29) is 11.9 Å². The second kappa shape index (κ2) is 3.17. The summed E-state index contributed by atoms with van der Waals surface area (Å²) in [6.45, 7) is 2.23. The van der Waals surface area contributed by atoms with Gasteiger partial charge in [0.2, 0.25) is 5.88 Å².